The van der Waals surface area contributed by atoms with Crippen LogP contribution in [0.4, 0.5) is 0 Å². The zero-order valence-corrected chi connectivity index (χ0v) is 13.8. The van der Waals surface area contributed by atoms with Gasteiger partial charge in [-0.3, -0.25) is 0 Å². The molecule has 7 heteroatoms. The maximum Gasteiger partial charge on any atom is 0.359 e. The highest BCUT2D eigenvalue weighted by molar-refractivity contribution is 5.89. The Bertz CT molecular complexity index is 439. The molecule has 0 saturated heterocycles. The summed E-state index contributed by atoms with van der Waals surface area (Å²) < 4.78 is 4.70. The topological polar surface area (TPSA) is 120 Å². The summed E-state index contributed by atoms with van der Waals surface area (Å²) >= 11 is 0. The number of methoxy groups -OCH3 is 1. The van der Waals surface area contributed by atoms with Crippen LogP contribution in [0.3, 0.4) is 0 Å². The number of nitrogens with two attached hydrogens (primary N) is 1. The molecule has 0 spiro atoms. The molecule has 0 unspecified atom stereocenters. The predicted molar refractivity (Wildman–Crippen MR) is 78.4 cm³/mol. The molecule has 126 valence electrons. The lowest BCUT2D eigenvalue weighted by Crippen LogP contribution is -2.84. The van der Waals surface area contributed by atoms with Crippen LogP contribution in [-0.2, 0) is 19.1 Å². The monoisotopic (exact) mass is 315 g/mol. The van der Waals surface area contributed by atoms with Gasteiger partial charge in [-0.1, -0.05) is 27.4 Å². The fourth-order valence-corrected chi connectivity index (χ4v) is 1.50. The Morgan fingerprint density at radius 3 is 2.00 bits per heavy atom. The summed E-state index contributed by atoms with van der Waals surface area (Å²) in [6, 6.07) is 0. The minimum absolute atomic E-state index is 0.0208. The molecule has 0 heterocycles. The molecule has 7 nitrogen and oxygen atoms in total. The van der Waals surface area contributed by atoms with E-state index in [-0.39, 0.29) is 24.0 Å². The SMILES string of the molecule is C=C(C)C(=O)[O-].CCC([NH2+]CC(=O)O)=C(C(=O)OC)C(C)C. The summed E-state index contributed by atoms with van der Waals surface area (Å²) in [5, 5.41) is 19.7. The largest absolute Gasteiger partial charge is 0.545 e. The average Bonchev–Trinajstić information content (AvgIpc) is 2.42. The first-order valence-corrected chi connectivity index (χ1v) is 6.81. The number of rotatable bonds is 7. The molecular formula is C15H25NO6. The van der Waals surface area contributed by atoms with Crippen molar-refractivity contribution >= 4 is 17.9 Å². The number of ether oxygens (including phenoxy) is 1. The van der Waals surface area contributed by atoms with Crippen LogP contribution >= 0.6 is 0 Å². The highest BCUT2D eigenvalue weighted by Gasteiger charge is 2.22. The van der Waals surface area contributed by atoms with Crippen molar-refractivity contribution in [3.05, 3.63) is 23.4 Å². The third-order valence-electron chi connectivity index (χ3n) is 2.58. The van der Waals surface area contributed by atoms with E-state index in [9.17, 15) is 19.5 Å². The summed E-state index contributed by atoms with van der Waals surface area (Å²) in [6.07, 6.45) is 0.621. The number of quaternary nitrogens is 1. The van der Waals surface area contributed by atoms with Gasteiger partial charge in [0.25, 0.3) is 0 Å². The molecule has 0 aliphatic rings. The van der Waals surface area contributed by atoms with Crippen LogP contribution in [0, 0.1) is 5.92 Å². The Hall–Kier alpha value is -2.15. The zero-order valence-electron chi connectivity index (χ0n) is 13.8. The maximum atomic E-state index is 11.6. The van der Waals surface area contributed by atoms with Crippen molar-refractivity contribution in [3.63, 3.8) is 0 Å². The number of hydrogen-bond acceptors (Lipinski definition) is 5. The number of allylic oxidation sites excluding steroid dienone is 1. The van der Waals surface area contributed by atoms with Gasteiger partial charge in [0, 0.05) is 6.42 Å². The molecule has 0 saturated carbocycles. The van der Waals surface area contributed by atoms with Crippen LogP contribution in [0.2, 0.25) is 0 Å². The molecule has 0 aliphatic heterocycles. The van der Waals surface area contributed by atoms with Gasteiger partial charge >= 0.3 is 11.9 Å². The highest BCUT2D eigenvalue weighted by atomic mass is 16.5. The smallest absolute Gasteiger partial charge is 0.359 e. The van der Waals surface area contributed by atoms with E-state index in [0.717, 1.165) is 5.70 Å². The number of carboxylic acids is 2. The number of aliphatic carboxylic acids is 2. The average molecular weight is 315 g/mol. The van der Waals surface area contributed by atoms with Gasteiger partial charge in [0.05, 0.1) is 18.7 Å². The molecule has 0 atom stereocenters. The number of carbonyl (C=O) groups excluding carboxylic acids is 2. The Kier molecular flexibility index (Phi) is 11.6. The molecule has 0 aromatic rings. The van der Waals surface area contributed by atoms with Crippen molar-refractivity contribution < 1.29 is 34.7 Å². The maximum absolute atomic E-state index is 11.6. The van der Waals surface area contributed by atoms with Crippen LogP contribution < -0.4 is 10.4 Å². The second-order valence-corrected chi connectivity index (χ2v) is 4.81. The molecule has 22 heavy (non-hydrogen) atoms. The van der Waals surface area contributed by atoms with Gasteiger partial charge in [-0.15, -0.1) is 0 Å². The molecule has 0 radical (unpaired) electrons. The molecule has 0 bridgehead atoms. The first kappa shape index (κ1) is 22.1. The Labute approximate surface area is 130 Å². The normalized spacial score (nSPS) is 11.0. The lowest BCUT2D eigenvalue weighted by Gasteiger charge is -2.12. The van der Waals surface area contributed by atoms with Gasteiger partial charge in [0.2, 0.25) is 0 Å². The summed E-state index contributed by atoms with van der Waals surface area (Å²) in [7, 11) is 1.33. The van der Waals surface area contributed by atoms with E-state index >= 15 is 0 Å². The van der Waals surface area contributed by atoms with Gasteiger partial charge in [-0.05, 0) is 18.4 Å². The van der Waals surface area contributed by atoms with E-state index in [4.69, 9.17) is 9.84 Å². The highest BCUT2D eigenvalue weighted by Crippen LogP contribution is 2.14. The molecule has 0 aliphatic carbocycles. The zero-order chi connectivity index (χ0) is 17.9. The van der Waals surface area contributed by atoms with Crippen LogP contribution in [0.25, 0.3) is 0 Å². The van der Waals surface area contributed by atoms with Crippen molar-refractivity contribution in [2.75, 3.05) is 13.7 Å². The Morgan fingerprint density at radius 1 is 1.32 bits per heavy atom. The van der Waals surface area contributed by atoms with Crippen LogP contribution in [0.5, 0.6) is 0 Å². The van der Waals surface area contributed by atoms with E-state index in [1.54, 1.807) is 5.32 Å². The summed E-state index contributed by atoms with van der Waals surface area (Å²) in [5.41, 5.74) is 1.38. The molecule has 0 fully saturated rings. The van der Waals surface area contributed by atoms with Gasteiger partial charge in [0.1, 0.15) is 5.70 Å². The van der Waals surface area contributed by atoms with Crippen LogP contribution in [-0.4, -0.2) is 36.7 Å². The van der Waals surface area contributed by atoms with Gasteiger partial charge in [-0.2, -0.15) is 0 Å². The summed E-state index contributed by atoms with van der Waals surface area (Å²) in [6.45, 7) is 10.1. The van der Waals surface area contributed by atoms with Gasteiger partial charge < -0.3 is 25.1 Å². The van der Waals surface area contributed by atoms with E-state index in [1.807, 2.05) is 20.8 Å². The Morgan fingerprint density at radius 2 is 1.77 bits per heavy atom. The minimum atomic E-state index is -1.19. The fraction of sp³-hybridized carbons (Fsp3) is 0.533. The predicted octanol–water partition coefficient (Wildman–Crippen LogP) is -0.560. The van der Waals surface area contributed by atoms with Crippen molar-refractivity contribution in [3.8, 4) is 0 Å². The molecule has 0 aromatic carbocycles. The third kappa shape index (κ3) is 9.71. The van der Waals surface area contributed by atoms with E-state index < -0.39 is 11.9 Å². The van der Waals surface area contributed by atoms with Crippen LogP contribution in [0.1, 0.15) is 34.1 Å². The van der Waals surface area contributed by atoms with E-state index in [1.165, 1.54) is 14.0 Å². The van der Waals surface area contributed by atoms with E-state index in [2.05, 4.69) is 6.58 Å². The molecule has 0 aromatic heterocycles. The lowest BCUT2D eigenvalue weighted by atomic mass is 9.99. The van der Waals surface area contributed by atoms with Crippen molar-refractivity contribution in [2.45, 2.75) is 34.1 Å². The third-order valence-corrected chi connectivity index (χ3v) is 2.58. The minimum Gasteiger partial charge on any atom is -0.545 e. The summed E-state index contributed by atoms with van der Waals surface area (Å²) in [4.78, 5) is 31.5. The number of carbonyl (C=O) groups is 3. The molecule has 0 amide bonds. The standard InChI is InChI=1S/C11H19NO4.C4H6O2/c1-5-8(12-6-9(13)14)10(7(2)3)11(15)16-4;1-3(2)4(5)6/h7,12H,5-6H2,1-4H3,(H,13,14);1H2,2H3,(H,5,6). The molecular weight excluding hydrogens is 290 g/mol. The van der Waals surface area contributed by atoms with Crippen molar-refractivity contribution in [1.29, 1.82) is 0 Å². The molecule has 3 N–H and O–H groups in total. The second-order valence-electron chi connectivity index (χ2n) is 4.81. The number of hydrogen-bond donors (Lipinski definition) is 2. The van der Waals surface area contributed by atoms with Gasteiger partial charge in [0.15, 0.2) is 6.54 Å². The van der Waals surface area contributed by atoms with Crippen molar-refractivity contribution in [2.24, 2.45) is 5.92 Å². The quantitative estimate of drug-likeness (QED) is 0.480. The molecule has 0 rings (SSSR count). The van der Waals surface area contributed by atoms with Crippen LogP contribution in [0.15, 0.2) is 23.4 Å². The fourth-order valence-electron chi connectivity index (χ4n) is 1.50. The van der Waals surface area contributed by atoms with Gasteiger partial charge in [-0.25, -0.2) is 9.59 Å². The second kappa shape index (κ2) is 11.5. The first-order valence-electron chi connectivity index (χ1n) is 6.81. The summed E-state index contributed by atoms with van der Waals surface area (Å²) in [5.74, 6) is -2.45. The number of carboxylic acid groups (broad SMARTS) is 2. The lowest BCUT2D eigenvalue weighted by molar-refractivity contribution is -0.599. The van der Waals surface area contributed by atoms with E-state index in [0.29, 0.717) is 12.0 Å². The first-order chi connectivity index (χ1) is 10.1. The number of esters is 1. The van der Waals surface area contributed by atoms with Crippen molar-refractivity contribution in [1.82, 2.24) is 0 Å². The Balaban J connectivity index is 0.